The highest BCUT2D eigenvalue weighted by atomic mass is 16.5. The van der Waals surface area contributed by atoms with Crippen molar-refractivity contribution in [3.63, 3.8) is 0 Å². The highest BCUT2D eigenvalue weighted by Gasteiger charge is 2.34. The Balaban J connectivity index is 1.88. The quantitative estimate of drug-likeness (QED) is 0.725. The van der Waals surface area contributed by atoms with Crippen molar-refractivity contribution >= 4 is 0 Å². The summed E-state index contributed by atoms with van der Waals surface area (Å²) in [7, 11) is 0. The summed E-state index contributed by atoms with van der Waals surface area (Å²) in [5.41, 5.74) is 1.18. The van der Waals surface area contributed by atoms with Gasteiger partial charge in [0, 0.05) is 17.8 Å². The molecule has 14 heavy (non-hydrogen) atoms. The summed E-state index contributed by atoms with van der Waals surface area (Å²) in [4.78, 5) is 8.13. The Morgan fingerprint density at radius 3 is 2.57 bits per heavy atom. The minimum atomic E-state index is 0.147. The highest BCUT2D eigenvalue weighted by Crippen LogP contribution is 2.26. The molecule has 0 saturated carbocycles. The molecule has 2 rings (SSSR count). The third-order valence-electron chi connectivity index (χ3n) is 2.21. The molecule has 0 bridgehead atoms. The lowest BCUT2D eigenvalue weighted by Crippen LogP contribution is -2.44. The number of hydrogen-bond acceptors (Lipinski definition) is 4. The number of ether oxygens (including phenoxy) is 2. The summed E-state index contributed by atoms with van der Waals surface area (Å²) in [5.74, 6) is 0. The molecule has 0 atom stereocenters. The second kappa shape index (κ2) is 3.53. The fraction of sp³-hybridized carbons (Fsp3) is 0.600. The molecule has 0 unspecified atom stereocenters. The lowest BCUT2D eigenvalue weighted by molar-refractivity contribution is -0.121. The van der Waals surface area contributed by atoms with Crippen molar-refractivity contribution in [1.29, 1.82) is 0 Å². The molecule has 4 nitrogen and oxygen atoms in total. The first-order valence-electron chi connectivity index (χ1n) is 4.67. The maximum absolute atomic E-state index is 5.47. The second-order valence-electron chi connectivity index (χ2n) is 4.14. The maximum atomic E-state index is 5.47. The molecule has 0 aromatic carbocycles. The number of aromatic nitrogens is 2. The molecule has 2 heterocycles. The van der Waals surface area contributed by atoms with Crippen LogP contribution < -0.4 is 4.74 Å². The fourth-order valence-corrected chi connectivity index (χ4v) is 1.23. The van der Waals surface area contributed by atoms with Crippen LogP contribution in [0.25, 0.3) is 0 Å². The summed E-state index contributed by atoms with van der Waals surface area (Å²) in [6.07, 6.45) is 3.50. The van der Waals surface area contributed by atoms with Gasteiger partial charge in [0.15, 0.2) is 0 Å². The fourth-order valence-electron chi connectivity index (χ4n) is 1.23. The van der Waals surface area contributed by atoms with Crippen LogP contribution in [0.3, 0.4) is 0 Å². The standard InChI is InChI=1S/C10H14N2O2/c1-8-3-11-9(12-4-8)14-7-10(2)5-13-6-10/h3-4H,5-7H2,1-2H3. The van der Waals surface area contributed by atoms with E-state index in [0.29, 0.717) is 12.6 Å². The van der Waals surface area contributed by atoms with E-state index in [2.05, 4.69) is 16.9 Å². The van der Waals surface area contributed by atoms with Crippen molar-refractivity contribution < 1.29 is 9.47 Å². The van der Waals surface area contributed by atoms with Crippen LogP contribution in [0.15, 0.2) is 12.4 Å². The van der Waals surface area contributed by atoms with E-state index in [4.69, 9.17) is 9.47 Å². The van der Waals surface area contributed by atoms with E-state index in [1.165, 1.54) is 0 Å². The van der Waals surface area contributed by atoms with Crippen LogP contribution in [-0.4, -0.2) is 29.8 Å². The predicted molar refractivity (Wildman–Crippen MR) is 51.2 cm³/mol. The molecule has 1 fully saturated rings. The Hall–Kier alpha value is -1.16. The van der Waals surface area contributed by atoms with E-state index in [1.807, 2.05) is 6.92 Å². The van der Waals surface area contributed by atoms with Crippen molar-refractivity contribution in [3.8, 4) is 6.01 Å². The molecule has 0 aliphatic carbocycles. The first kappa shape index (κ1) is 9.40. The van der Waals surface area contributed by atoms with E-state index in [0.717, 1.165) is 18.8 Å². The van der Waals surface area contributed by atoms with Gasteiger partial charge >= 0.3 is 6.01 Å². The molecule has 1 aliphatic rings. The van der Waals surface area contributed by atoms with Crippen molar-refractivity contribution in [3.05, 3.63) is 18.0 Å². The number of nitrogens with zero attached hydrogens (tertiary/aromatic N) is 2. The van der Waals surface area contributed by atoms with Gasteiger partial charge in [-0.15, -0.1) is 0 Å². The molecule has 1 aromatic heterocycles. The molecule has 0 radical (unpaired) electrons. The normalized spacial score (nSPS) is 18.7. The van der Waals surface area contributed by atoms with Gasteiger partial charge in [-0.3, -0.25) is 0 Å². The third kappa shape index (κ3) is 2.01. The van der Waals surface area contributed by atoms with Crippen LogP contribution >= 0.6 is 0 Å². The smallest absolute Gasteiger partial charge is 0.316 e. The first-order chi connectivity index (χ1) is 6.68. The molecule has 0 spiro atoms. The molecule has 1 aromatic rings. The average Bonchev–Trinajstić information content (AvgIpc) is 2.14. The molecular formula is C10H14N2O2. The zero-order valence-electron chi connectivity index (χ0n) is 8.49. The van der Waals surface area contributed by atoms with Gasteiger partial charge in [-0.05, 0) is 12.5 Å². The first-order valence-corrected chi connectivity index (χ1v) is 4.67. The molecule has 0 amide bonds. The van der Waals surface area contributed by atoms with Gasteiger partial charge in [0.05, 0.1) is 13.2 Å². The second-order valence-corrected chi connectivity index (χ2v) is 4.14. The lowest BCUT2D eigenvalue weighted by Gasteiger charge is -2.37. The zero-order valence-corrected chi connectivity index (χ0v) is 8.49. The van der Waals surface area contributed by atoms with Crippen molar-refractivity contribution in [2.24, 2.45) is 5.41 Å². The van der Waals surface area contributed by atoms with E-state index in [-0.39, 0.29) is 5.41 Å². The summed E-state index contributed by atoms with van der Waals surface area (Å²) >= 11 is 0. The van der Waals surface area contributed by atoms with Crippen molar-refractivity contribution in [2.75, 3.05) is 19.8 Å². The monoisotopic (exact) mass is 194 g/mol. The van der Waals surface area contributed by atoms with Crippen molar-refractivity contribution in [2.45, 2.75) is 13.8 Å². The molecule has 4 heteroatoms. The van der Waals surface area contributed by atoms with Gasteiger partial charge in [0.25, 0.3) is 0 Å². The lowest BCUT2D eigenvalue weighted by atomic mass is 9.90. The summed E-state index contributed by atoms with van der Waals surface area (Å²) < 4.78 is 10.6. The zero-order chi connectivity index (χ0) is 10.0. The molecule has 76 valence electrons. The van der Waals surface area contributed by atoms with Crippen LogP contribution in [0.2, 0.25) is 0 Å². The van der Waals surface area contributed by atoms with Gasteiger partial charge in [-0.25, -0.2) is 9.97 Å². The third-order valence-corrected chi connectivity index (χ3v) is 2.21. The van der Waals surface area contributed by atoms with Crippen LogP contribution in [0, 0.1) is 12.3 Å². The van der Waals surface area contributed by atoms with Crippen molar-refractivity contribution in [1.82, 2.24) is 9.97 Å². The van der Waals surface area contributed by atoms with E-state index < -0.39 is 0 Å². The van der Waals surface area contributed by atoms with E-state index >= 15 is 0 Å². The van der Waals surface area contributed by atoms with E-state index in [1.54, 1.807) is 12.4 Å². The predicted octanol–water partition coefficient (Wildman–Crippen LogP) is 1.20. The van der Waals surface area contributed by atoms with Gasteiger partial charge in [-0.1, -0.05) is 6.92 Å². The maximum Gasteiger partial charge on any atom is 0.316 e. The highest BCUT2D eigenvalue weighted by molar-refractivity contribution is 5.04. The molecule has 1 saturated heterocycles. The van der Waals surface area contributed by atoms with Crippen LogP contribution in [0.1, 0.15) is 12.5 Å². The molecular weight excluding hydrogens is 180 g/mol. The topological polar surface area (TPSA) is 44.2 Å². The molecule has 1 aliphatic heterocycles. The molecule has 0 N–H and O–H groups in total. The van der Waals surface area contributed by atoms with Crippen LogP contribution in [0.4, 0.5) is 0 Å². The Labute approximate surface area is 83.3 Å². The van der Waals surface area contributed by atoms with Gasteiger partial charge < -0.3 is 9.47 Å². The summed E-state index contributed by atoms with van der Waals surface area (Å²) in [5, 5.41) is 0. The minimum Gasteiger partial charge on any atom is -0.463 e. The van der Waals surface area contributed by atoms with Gasteiger partial charge in [0.1, 0.15) is 6.61 Å². The average molecular weight is 194 g/mol. The van der Waals surface area contributed by atoms with Crippen LogP contribution in [0.5, 0.6) is 6.01 Å². The SMILES string of the molecule is Cc1cnc(OCC2(C)COC2)nc1. The number of aryl methyl sites for hydroxylation is 1. The van der Waals surface area contributed by atoms with Crippen LogP contribution in [-0.2, 0) is 4.74 Å². The minimum absolute atomic E-state index is 0.147. The Kier molecular flexibility index (Phi) is 2.37. The summed E-state index contributed by atoms with van der Waals surface area (Å²) in [6.45, 7) is 6.23. The number of hydrogen-bond donors (Lipinski definition) is 0. The summed E-state index contributed by atoms with van der Waals surface area (Å²) in [6, 6.07) is 0.448. The largest absolute Gasteiger partial charge is 0.463 e. The van der Waals surface area contributed by atoms with E-state index in [9.17, 15) is 0 Å². The van der Waals surface area contributed by atoms with Gasteiger partial charge in [0.2, 0.25) is 0 Å². The Morgan fingerprint density at radius 1 is 1.43 bits per heavy atom. The van der Waals surface area contributed by atoms with Gasteiger partial charge in [-0.2, -0.15) is 0 Å². The Bertz CT molecular complexity index is 306. The Morgan fingerprint density at radius 2 is 2.07 bits per heavy atom. The number of rotatable bonds is 3.